The van der Waals surface area contributed by atoms with E-state index in [1.54, 1.807) is 0 Å². The van der Waals surface area contributed by atoms with Crippen molar-refractivity contribution in [3.05, 3.63) is 34.7 Å². The first kappa shape index (κ1) is 15.7. The van der Waals surface area contributed by atoms with Crippen molar-refractivity contribution in [2.24, 2.45) is 5.41 Å². The van der Waals surface area contributed by atoms with Gasteiger partial charge in [0.15, 0.2) is 5.13 Å². The minimum absolute atomic E-state index is 0.0166. The normalized spacial score (nSPS) is 11.5. The molecule has 0 aliphatic carbocycles. The molecule has 0 fully saturated rings. The molecule has 2 rings (SSSR count). The van der Waals surface area contributed by atoms with Gasteiger partial charge in [0.2, 0.25) is 5.91 Å². The molecule has 1 N–H and O–H groups in total. The molecule has 2 aromatic rings. The maximum atomic E-state index is 12.0. The Kier molecular flexibility index (Phi) is 4.47. The van der Waals surface area contributed by atoms with Crippen molar-refractivity contribution in [2.45, 2.75) is 41.0 Å². The Morgan fingerprint density at radius 3 is 2.67 bits per heavy atom. The van der Waals surface area contributed by atoms with Crippen LogP contribution in [0.3, 0.4) is 0 Å². The first-order valence-corrected chi connectivity index (χ1v) is 7.95. The number of thiazole rings is 1. The number of amides is 1. The summed E-state index contributed by atoms with van der Waals surface area (Å²) in [5.74, 6) is 0.0179. The quantitative estimate of drug-likeness (QED) is 0.884. The van der Waals surface area contributed by atoms with Crippen LogP contribution in [0.1, 0.15) is 38.3 Å². The van der Waals surface area contributed by atoms with Crippen LogP contribution >= 0.6 is 11.3 Å². The SMILES string of the molecule is Cc1ccc(C)c(-c2csc(NC(=O)CC(C)(C)C)n2)c1. The summed E-state index contributed by atoms with van der Waals surface area (Å²) >= 11 is 1.47. The fourth-order valence-corrected chi connectivity index (χ4v) is 2.84. The number of nitrogens with one attached hydrogen (secondary N) is 1. The molecule has 4 heteroatoms. The Bertz CT molecular complexity index is 653. The highest BCUT2D eigenvalue weighted by molar-refractivity contribution is 7.14. The average Bonchev–Trinajstić information content (AvgIpc) is 2.78. The molecule has 0 unspecified atom stereocenters. The standard InChI is InChI=1S/C17H22N2OS/c1-11-6-7-12(2)13(8-11)14-10-21-16(18-14)19-15(20)9-17(3,4)5/h6-8,10H,9H2,1-5H3,(H,18,19,20). The number of aromatic nitrogens is 1. The third-order valence-electron chi connectivity index (χ3n) is 3.11. The average molecular weight is 302 g/mol. The molecule has 0 atom stereocenters. The van der Waals surface area contributed by atoms with Gasteiger partial charge in [0.25, 0.3) is 0 Å². The van der Waals surface area contributed by atoms with Gasteiger partial charge in [0.1, 0.15) is 0 Å². The van der Waals surface area contributed by atoms with Crippen LogP contribution in [-0.2, 0) is 4.79 Å². The number of carbonyl (C=O) groups excluding carboxylic acids is 1. The molecule has 0 radical (unpaired) electrons. The van der Waals surface area contributed by atoms with Gasteiger partial charge in [-0.2, -0.15) is 0 Å². The van der Waals surface area contributed by atoms with E-state index in [1.807, 2.05) is 5.38 Å². The molecule has 112 valence electrons. The van der Waals surface area contributed by atoms with Gasteiger partial charge in [0, 0.05) is 17.4 Å². The van der Waals surface area contributed by atoms with Gasteiger partial charge in [-0.1, -0.05) is 38.5 Å². The highest BCUT2D eigenvalue weighted by Crippen LogP contribution is 2.28. The van der Waals surface area contributed by atoms with Gasteiger partial charge in [-0.15, -0.1) is 11.3 Å². The van der Waals surface area contributed by atoms with E-state index in [9.17, 15) is 4.79 Å². The van der Waals surface area contributed by atoms with Crippen LogP contribution in [0.5, 0.6) is 0 Å². The Hall–Kier alpha value is -1.68. The first-order valence-electron chi connectivity index (χ1n) is 7.07. The van der Waals surface area contributed by atoms with Crippen LogP contribution in [0.15, 0.2) is 23.6 Å². The lowest BCUT2D eigenvalue weighted by Crippen LogP contribution is -2.19. The molecule has 3 nitrogen and oxygen atoms in total. The summed E-state index contributed by atoms with van der Waals surface area (Å²) in [6.45, 7) is 10.3. The first-order chi connectivity index (χ1) is 9.74. The van der Waals surface area contributed by atoms with E-state index in [0.29, 0.717) is 11.6 Å². The smallest absolute Gasteiger partial charge is 0.226 e. The minimum Gasteiger partial charge on any atom is -0.302 e. The Morgan fingerprint density at radius 1 is 1.29 bits per heavy atom. The predicted octanol–water partition coefficient (Wildman–Crippen LogP) is 4.80. The molecule has 1 aromatic heterocycles. The van der Waals surface area contributed by atoms with E-state index < -0.39 is 0 Å². The maximum Gasteiger partial charge on any atom is 0.226 e. The molecular formula is C17H22N2OS. The summed E-state index contributed by atoms with van der Waals surface area (Å²) in [7, 11) is 0. The third-order valence-corrected chi connectivity index (χ3v) is 3.87. The summed E-state index contributed by atoms with van der Waals surface area (Å²) in [6.07, 6.45) is 0.491. The lowest BCUT2D eigenvalue weighted by Gasteiger charge is -2.16. The lowest BCUT2D eigenvalue weighted by atomic mass is 9.92. The van der Waals surface area contributed by atoms with Crippen LogP contribution < -0.4 is 5.32 Å². The monoisotopic (exact) mass is 302 g/mol. The number of anilines is 1. The molecule has 0 aliphatic rings. The zero-order chi connectivity index (χ0) is 15.6. The summed E-state index contributed by atoms with van der Waals surface area (Å²) < 4.78 is 0. The van der Waals surface area contributed by atoms with Gasteiger partial charge >= 0.3 is 0 Å². The number of hydrogen-bond acceptors (Lipinski definition) is 3. The lowest BCUT2D eigenvalue weighted by molar-refractivity contribution is -0.117. The topological polar surface area (TPSA) is 42.0 Å². The van der Waals surface area contributed by atoms with E-state index in [0.717, 1.165) is 11.3 Å². The van der Waals surface area contributed by atoms with Crippen molar-refractivity contribution in [3.8, 4) is 11.3 Å². The highest BCUT2D eigenvalue weighted by Gasteiger charge is 2.17. The Labute approximate surface area is 130 Å². The van der Waals surface area contributed by atoms with E-state index in [2.05, 4.69) is 63.1 Å². The zero-order valence-electron chi connectivity index (χ0n) is 13.3. The van der Waals surface area contributed by atoms with Gasteiger partial charge in [-0.05, 0) is 30.9 Å². The molecule has 21 heavy (non-hydrogen) atoms. The second-order valence-electron chi connectivity index (χ2n) is 6.64. The molecule has 1 amide bonds. The molecule has 0 aliphatic heterocycles. The highest BCUT2D eigenvalue weighted by atomic mass is 32.1. The van der Waals surface area contributed by atoms with Gasteiger partial charge in [-0.3, -0.25) is 4.79 Å². The van der Waals surface area contributed by atoms with Crippen molar-refractivity contribution < 1.29 is 4.79 Å². The molecule has 0 bridgehead atoms. The van der Waals surface area contributed by atoms with E-state index in [1.165, 1.54) is 22.5 Å². The van der Waals surface area contributed by atoms with Crippen molar-refractivity contribution >= 4 is 22.4 Å². The van der Waals surface area contributed by atoms with E-state index >= 15 is 0 Å². The molecule has 0 spiro atoms. The zero-order valence-corrected chi connectivity index (χ0v) is 14.1. The van der Waals surface area contributed by atoms with Crippen molar-refractivity contribution in [1.82, 2.24) is 4.98 Å². The van der Waals surface area contributed by atoms with Crippen molar-refractivity contribution in [3.63, 3.8) is 0 Å². The van der Waals surface area contributed by atoms with Crippen LogP contribution in [0.25, 0.3) is 11.3 Å². The number of benzene rings is 1. The second kappa shape index (κ2) is 5.98. The Morgan fingerprint density at radius 2 is 2.00 bits per heavy atom. The largest absolute Gasteiger partial charge is 0.302 e. The van der Waals surface area contributed by atoms with Crippen LogP contribution in [0.4, 0.5) is 5.13 Å². The predicted molar refractivity (Wildman–Crippen MR) is 89.7 cm³/mol. The van der Waals surface area contributed by atoms with Gasteiger partial charge < -0.3 is 5.32 Å². The molecule has 1 aromatic carbocycles. The third kappa shape index (κ3) is 4.39. The van der Waals surface area contributed by atoms with Crippen molar-refractivity contribution in [1.29, 1.82) is 0 Å². The Balaban J connectivity index is 2.15. The number of hydrogen-bond donors (Lipinski definition) is 1. The van der Waals surface area contributed by atoms with Gasteiger partial charge in [-0.25, -0.2) is 4.98 Å². The summed E-state index contributed by atoms with van der Waals surface area (Å²) in [4.78, 5) is 16.5. The van der Waals surface area contributed by atoms with Crippen LogP contribution in [0, 0.1) is 19.3 Å². The fourth-order valence-electron chi connectivity index (χ4n) is 2.11. The van der Waals surface area contributed by atoms with Gasteiger partial charge in [0.05, 0.1) is 5.69 Å². The number of nitrogens with zero attached hydrogens (tertiary/aromatic N) is 1. The molecule has 1 heterocycles. The summed E-state index contributed by atoms with van der Waals surface area (Å²) in [5, 5.41) is 5.55. The molecule has 0 saturated heterocycles. The van der Waals surface area contributed by atoms with E-state index in [4.69, 9.17) is 0 Å². The number of aryl methyl sites for hydroxylation is 2. The van der Waals surface area contributed by atoms with Crippen LogP contribution in [0.2, 0.25) is 0 Å². The summed E-state index contributed by atoms with van der Waals surface area (Å²) in [6, 6.07) is 6.32. The maximum absolute atomic E-state index is 12.0. The van der Waals surface area contributed by atoms with Crippen LogP contribution in [-0.4, -0.2) is 10.9 Å². The molecular weight excluding hydrogens is 280 g/mol. The minimum atomic E-state index is -0.0166. The van der Waals surface area contributed by atoms with Crippen molar-refractivity contribution in [2.75, 3.05) is 5.32 Å². The fraction of sp³-hybridized carbons (Fsp3) is 0.412. The number of carbonyl (C=O) groups is 1. The molecule has 0 saturated carbocycles. The number of rotatable bonds is 3. The second-order valence-corrected chi connectivity index (χ2v) is 7.50. The summed E-state index contributed by atoms with van der Waals surface area (Å²) in [5.41, 5.74) is 4.44. The van der Waals surface area contributed by atoms with E-state index in [-0.39, 0.29) is 11.3 Å².